The minimum Gasteiger partial charge on any atom is -0.357 e. The average Bonchev–Trinajstić information content (AvgIpc) is 2.93. The monoisotopic (exact) mass is 354 g/mol. The van der Waals surface area contributed by atoms with E-state index in [1.54, 1.807) is 0 Å². The van der Waals surface area contributed by atoms with Gasteiger partial charge < -0.3 is 4.74 Å². The first kappa shape index (κ1) is 14.1. The third-order valence-corrected chi connectivity index (χ3v) is 4.67. The maximum atomic E-state index is 6.13. The molecule has 1 aliphatic heterocycles. The van der Waals surface area contributed by atoms with Crippen molar-refractivity contribution in [3.8, 4) is 11.1 Å². The van der Waals surface area contributed by atoms with Crippen LogP contribution in [0, 0.1) is 6.92 Å². The molecule has 0 radical (unpaired) electrons. The number of nitrogens with zero attached hydrogens (tertiary/aromatic N) is 2. The molecule has 1 aromatic carbocycles. The van der Waals surface area contributed by atoms with Gasteiger partial charge in [0.15, 0.2) is 0 Å². The zero-order chi connectivity index (χ0) is 14.1. The molecule has 1 saturated heterocycles. The number of rotatable bonds is 2. The van der Waals surface area contributed by atoms with E-state index in [1.165, 1.54) is 6.42 Å². The van der Waals surface area contributed by atoms with Crippen LogP contribution in [0.4, 0.5) is 0 Å². The van der Waals surface area contributed by atoms with Crippen molar-refractivity contribution in [2.75, 3.05) is 6.61 Å². The standard InChI is InChI=1S/C15H16BrClN2O/c1-10-6-12(13(16)7-14(10)17)11-8-18-19(9-11)15-4-2-3-5-20-15/h6-9,15H,2-5H2,1H3. The Bertz CT molecular complexity index is 620. The predicted molar refractivity (Wildman–Crippen MR) is 84.0 cm³/mol. The molecule has 0 aliphatic carbocycles. The number of halogens is 2. The highest BCUT2D eigenvalue weighted by atomic mass is 79.9. The maximum absolute atomic E-state index is 6.13. The summed E-state index contributed by atoms with van der Waals surface area (Å²) in [6, 6.07) is 4.01. The molecule has 3 rings (SSSR count). The van der Waals surface area contributed by atoms with E-state index in [0.717, 1.165) is 45.6 Å². The Labute approximate surface area is 132 Å². The molecule has 1 aromatic heterocycles. The summed E-state index contributed by atoms with van der Waals surface area (Å²) in [5.41, 5.74) is 3.24. The number of hydrogen-bond donors (Lipinski definition) is 0. The van der Waals surface area contributed by atoms with Gasteiger partial charge in [0.2, 0.25) is 0 Å². The molecule has 1 aliphatic rings. The van der Waals surface area contributed by atoms with Gasteiger partial charge in [0.25, 0.3) is 0 Å². The highest BCUT2D eigenvalue weighted by Crippen LogP contribution is 2.33. The Balaban J connectivity index is 1.91. The SMILES string of the molecule is Cc1cc(-c2cnn(C3CCCCO3)c2)c(Br)cc1Cl. The highest BCUT2D eigenvalue weighted by molar-refractivity contribution is 9.10. The lowest BCUT2D eigenvalue weighted by molar-refractivity contribution is -0.0394. The lowest BCUT2D eigenvalue weighted by Crippen LogP contribution is -2.18. The van der Waals surface area contributed by atoms with Crippen molar-refractivity contribution in [1.29, 1.82) is 0 Å². The molecule has 106 valence electrons. The molecule has 1 unspecified atom stereocenters. The summed E-state index contributed by atoms with van der Waals surface area (Å²) >= 11 is 9.70. The Kier molecular flexibility index (Phi) is 4.15. The number of hydrogen-bond acceptors (Lipinski definition) is 2. The molecule has 0 saturated carbocycles. The van der Waals surface area contributed by atoms with E-state index in [-0.39, 0.29) is 6.23 Å². The summed E-state index contributed by atoms with van der Waals surface area (Å²) in [7, 11) is 0. The Morgan fingerprint density at radius 1 is 1.40 bits per heavy atom. The van der Waals surface area contributed by atoms with Crippen LogP contribution in [-0.4, -0.2) is 16.4 Å². The number of benzene rings is 1. The summed E-state index contributed by atoms with van der Waals surface area (Å²) in [6.07, 6.45) is 7.37. The smallest absolute Gasteiger partial charge is 0.150 e. The van der Waals surface area contributed by atoms with Crippen LogP contribution in [0.1, 0.15) is 31.1 Å². The molecular weight excluding hydrogens is 340 g/mol. The lowest BCUT2D eigenvalue weighted by atomic mass is 10.1. The summed E-state index contributed by atoms with van der Waals surface area (Å²) in [4.78, 5) is 0. The summed E-state index contributed by atoms with van der Waals surface area (Å²) in [5, 5.41) is 5.21. The highest BCUT2D eigenvalue weighted by Gasteiger charge is 2.17. The normalized spacial score (nSPS) is 19.2. The van der Waals surface area contributed by atoms with Crippen molar-refractivity contribution in [2.45, 2.75) is 32.4 Å². The fourth-order valence-corrected chi connectivity index (χ4v) is 3.31. The van der Waals surface area contributed by atoms with Crippen LogP contribution >= 0.6 is 27.5 Å². The molecule has 20 heavy (non-hydrogen) atoms. The second-order valence-corrected chi connectivity index (χ2v) is 6.37. The fraction of sp³-hybridized carbons (Fsp3) is 0.400. The van der Waals surface area contributed by atoms with Crippen molar-refractivity contribution < 1.29 is 4.74 Å². The van der Waals surface area contributed by atoms with Crippen LogP contribution in [-0.2, 0) is 4.74 Å². The summed E-state index contributed by atoms with van der Waals surface area (Å²) < 4.78 is 8.66. The van der Waals surface area contributed by atoms with Crippen molar-refractivity contribution in [2.24, 2.45) is 0 Å². The first-order valence-corrected chi connectivity index (χ1v) is 7.94. The van der Waals surface area contributed by atoms with Gasteiger partial charge in [0.1, 0.15) is 6.23 Å². The van der Waals surface area contributed by atoms with Gasteiger partial charge in [0, 0.05) is 27.9 Å². The molecule has 1 fully saturated rings. The zero-order valence-electron chi connectivity index (χ0n) is 11.3. The van der Waals surface area contributed by atoms with Crippen molar-refractivity contribution >= 4 is 27.5 Å². The Morgan fingerprint density at radius 2 is 2.25 bits per heavy atom. The van der Waals surface area contributed by atoms with Gasteiger partial charge in [-0.2, -0.15) is 5.10 Å². The zero-order valence-corrected chi connectivity index (χ0v) is 13.6. The van der Waals surface area contributed by atoms with E-state index in [4.69, 9.17) is 16.3 Å². The molecule has 1 atom stereocenters. The van der Waals surface area contributed by atoms with Gasteiger partial charge in [-0.1, -0.05) is 27.5 Å². The van der Waals surface area contributed by atoms with Crippen LogP contribution in [0.3, 0.4) is 0 Å². The maximum Gasteiger partial charge on any atom is 0.150 e. The van der Waals surface area contributed by atoms with Gasteiger partial charge >= 0.3 is 0 Å². The van der Waals surface area contributed by atoms with E-state index < -0.39 is 0 Å². The van der Waals surface area contributed by atoms with Gasteiger partial charge in [-0.05, 0) is 49.4 Å². The van der Waals surface area contributed by atoms with Crippen LogP contribution in [0.5, 0.6) is 0 Å². The van der Waals surface area contributed by atoms with Crippen molar-refractivity contribution in [3.05, 3.63) is 39.6 Å². The minimum atomic E-state index is 0.0738. The lowest BCUT2D eigenvalue weighted by Gasteiger charge is -2.22. The van der Waals surface area contributed by atoms with Crippen molar-refractivity contribution in [3.63, 3.8) is 0 Å². The van der Waals surface area contributed by atoms with Gasteiger partial charge in [-0.25, -0.2) is 4.68 Å². The molecule has 0 bridgehead atoms. The number of ether oxygens (including phenoxy) is 1. The Hall–Kier alpha value is -0.840. The van der Waals surface area contributed by atoms with Crippen LogP contribution < -0.4 is 0 Å². The third-order valence-electron chi connectivity index (χ3n) is 3.61. The molecule has 0 spiro atoms. The molecular formula is C15H16BrClN2O. The average molecular weight is 356 g/mol. The molecule has 3 nitrogen and oxygen atoms in total. The molecule has 0 N–H and O–H groups in total. The Morgan fingerprint density at radius 3 is 3.00 bits per heavy atom. The second-order valence-electron chi connectivity index (χ2n) is 5.11. The second kappa shape index (κ2) is 5.88. The van der Waals surface area contributed by atoms with Crippen LogP contribution in [0.15, 0.2) is 29.0 Å². The number of aryl methyl sites for hydroxylation is 1. The van der Waals surface area contributed by atoms with Gasteiger partial charge in [0.05, 0.1) is 6.20 Å². The summed E-state index contributed by atoms with van der Waals surface area (Å²) in [6.45, 7) is 2.83. The fourth-order valence-electron chi connectivity index (χ4n) is 2.45. The van der Waals surface area contributed by atoms with Gasteiger partial charge in [-0.15, -0.1) is 0 Å². The third kappa shape index (κ3) is 2.78. The van der Waals surface area contributed by atoms with Gasteiger partial charge in [-0.3, -0.25) is 0 Å². The predicted octanol–water partition coefficient (Wildman–Crippen LogP) is 4.97. The minimum absolute atomic E-state index is 0.0738. The first-order chi connectivity index (χ1) is 9.65. The molecule has 0 amide bonds. The van der Waals surface area contributed by atoms with Crippen LogP contribution in [0.2, 0.25) is 5.02 Å². The van der Waals surface area contributed by atoms with E-state index in [1.807, 2.05) is 30.1 Å². The molecule has 5 heteroatoms. The van der Waals surface area contributed by atoms with E-state index >= 15 is 0 Å². The van der Waals surface area contributed by atoms with Crippen molar-refractivity contribution in [1.82, 2.24) is 9.78 Å². The largest absolute Gasteiger partial charge is 0.357 e. The van der Waals surface area contributed by atoms with E-state index in [2.05, 4.69) is 27.1 Å². The van der Waals surface area contributed by atoms with E-state index in [0.29, 0.717) is 0 Å². The number of aromatic nitrogens is 2. The molecule has 2 heterocycles. The quantitative estimate of drug-likeness (QED) is 0.760. The topological polar surface area (TPSA) is 27.1 Å². The first-order valence-electron chi connectivity index (χ1n) is 6.77. The molecule has 2 aromatic rings. The summed E-state index contributed by atoms with van der Waals surface area (Å²) in [5.74, 6) is 0. The van der Waals surface area contributed by atoms with E-state index in [9.17, 15) is 0 Å². The van der Waals surface area contributed by atoms with Crippen LogP contribution in [0.25, 0.3) is 11.1 Å².